The minimum atomic E-state index is -0.384. The van der Waals surface area contributed by atoms with Gasteiger partial charge in [-0.1, -0.05) is 6.42 Å². The summed E-state index contributed by atoms with van der Waals surface area (Å²) in [7, 11) is 0. The Balaban J connectivity index is 1.92. The van der Waals surface area contributed by atoms with Crippen LogP contribution in [0.15, 0.2) is 27.4 Å². The molecule has 0 fully saturated rings. The molecule has 4 rings (SSSR count). The van der Waals surface area contributed by atoms with Gasteiger partial charge in [0.25, 0.3) is 0 Å². The fourth-order valence-corrected chi connectivity index (χ4v) is 2.94. The Hall–Kier alpha value is -2.37. The van der Waals surface area contributed by atoms with Crippen LogP contribution >= 0.6 is 0 Å². The highest BCUT2D eigenvalue weighted by atomic mass is 19.1. The number of rotatable bonds is 1. The lowest BCUT2D eigenvalue weighted by atomic mass is 10.2. The maximum absolute atomic E-state index is 13.2. The molecule has 21 heavy (non-hydrogen) atoms. The number of H-pyrrole nitrogens is 1. The summed E-state index contributed by atoms with van der Waals surface area (Å²) in [6.07, 6.45) is 4.95. The summed E-state index contributed by atoms with van der Waals surface area (Å²) in [5, 5.41) is 0. The van der Waals surface area contributed by atoms with Gasteiger partial charge in [0.15, 0.2) is 5.58 Å². The molecule has 3 aromatic rings. The summed E-state index contributed by atoms with van der Waals surface area (Å²) in [6, 6.07) is 4.37. The topological polar surface area (TPSA) is 63.8 Å². The molecular formula is C15H14FN3O2. The number of halogens is 1. The number of fused-ring (bicyclic) bond motifs is 2. The van der Waals surface area contributed by atoms with E-state index in [0.29, 0.717) is 11.1 Å². The van der Waals surface area contributed by atoms with Crippen molar-refractivity contribution >= 4 is 11.1 Å². The van der Waals surface area contributed by atoms with Crippen molar-refractivity contribution < 1.29 is 8.81 Å². The standard InChI is InChI=1S/C15H14FN3O2/c16-9-6-7-11-13(8-9)21-15(18-11)19-12-5-3-1-2-4-10(12)17-14(19)20/h6-8H,1-5H2,(H,17,20). The molecule has 1 aliphatic carbocycles. The van der Waals surface area contributed by atoms with Crippen molar-refractivity contribution in [3.63, 3.8) is 0 Å². The summed E-state index contributed by atoms with van der Waals surface area (Å²) in [4.78, 5) is 19.4. The van der Waals surface area contributed by atoms with Gasteiger partial charge >= 0.3 is 11.7 Å². The van der Waals surface area contributed by atoms with Gasteiger partial charge < -0.3 is 9.40 Å². The average Bonchev–Trinajstić information content (AvgIpc) is 2.91. The molecule has 0 unspecified atom stereocenters. The summed E-state index contributed by atoms with van der Waals surface area (Å²) < 4.78 is 20.3. The quantitative estimate of drug-likeness (QED) is 0.700. The van der Waals surface area contributed by atoms with Crippen molar-refractivity contribution in [2.24, 2.45) is 0 Å². The van der Waals surface area contributed by atoms with Gasteiger partial charge in [0.2, 0.25) is 0 Å². The van der Waals surface area contributed by atoms with Crippen LogP contribution < -0.4 is 5.69 Å². The van der Waals surface area contributed by atoms with Crippen LogP contribution in [0.25, 0.3) is 17.1 Å². The number of aryl methyl sites for hydroxylation is 1. The number of hydrogen-bond acceptors (Lipinski definition) is 3. The highest BCUT2D eigenvalue weighted by molar-refractivity contribution is 5.73. The number of benzene rings is 1. The first kappa shape index (κ1) is 12.4. The van der Waals surface area contributed by atoms with Gasteiger partial charge in [-0.3, -0.25) is 0 Å². The molecule has 108 valence electrons. The zero-order valence-corrected chi connectivity index (χ0v) is 11.4. The number of nitrogens with zero attached hydrogens (tertiary/aromatic N) is 2. The monoisotopic (exact) mass is 287 g/mol. The fourth-order valence-electron chi connectivity index (χ4n) is 2.94. The predicted molar refractivity (Wildman–Crippen MR) is 75.2 cm³/mol. The minimum absolute atomic E-state index is 0.208. The molecule has 2 aromatic heterocycles. The van der Waals surface area contributed by atoms with Gasteiger partial charge in [0, 0.05) is 11.8 Å². The van der Waals surface area contributed by atoms with Crippen molar-refractivity contribution in [2.45, 2.75) is 32.1 Å². The van der Waals surface area contributed by atoms with Crippen LogP contribution in [0.2, 0.25) is 0 Å². The summed E-state index contributed by atoms with van der Waals surface area (Å²) in [6.45, 7) is 0. The lowest BCUT2D eigenvalue weighted by Gasteiger charge is -2.02. The molecule has 2 heterocycles. The molecule has 1 N–H and O–H groups in total. The Labute approximate surface area is 119 Å². The summed E-state index contributed by atoms with van der Waals surface area (Å²) >= 11 is 0. The third-order valence-electron chi connectivity index (χ3n) is 3.95. The van der Waals surface area contributed by atoms with Crippen LogP contribution in [0.3, 0.4) is 0 Å². The average molecular weight is 287 g/mol. The SMILES string of the molecule is O=c1[nH]c2c(n1-c1nc3ccc(F)cc3o1)CCCCC2. The van der Waals surface area contributed by atoms with Gasteiger partial charge in [-0.2, -0.15) is 4.98 Å². The van der Waals surface area contributed by atoms with E-state index < -0.39 is 0 Å². The first-order valence-corrected chi connectivity index (χ1v) is 7.11. The van der Waals surface area contributed by atoms with Gasteiger partial charge in [-0.15, -0.1) is 0 Å². The number of aromatic nitrogens is 3. The molecule has 6 heteroatoms. The van der Waals surface area contributed by atoms with Crippen molar-refractivity contribution in [1.29, 1.82) is 0 Å². The van der Waals surface area contributed by atoms with Crippen LogP contribution in [0.5, 0.6) is 0 Å². The summed E-state index contributed by atoms with van der Waals surface area (Å²) in [5.41, 5.74) is 2.55. The van der Waals surface area contributed by atoms with Gasteiger partial charge in [-0.05, 0) is 37.8 Å². The fraction of sp³-hybridized carbons (Fsp3) is 0.333. The molecule has 1 aliphatic rings. The number of hydrogen-bond donors (Lipinski definition) is 1. The normalized spacial score (nSPS) is 15.1. The van der Waals surface area contributed by atoms with E-state index in [1.807, 2.05) is 0 Å². The number of oxazole rings is 1. The second kappa shape index (κ2) is 4.58. The maximum Gasteiger partial charge on any atom is 0.334 e. The van der Waals surface area contributed by atoms with Crippen molar-refractivity contribution in [3.05, 3.63) is 45.9 Å². The Morgan fingerprint density at radius 1 is 1.24 bits per heavy atom. The van der Waals surface area contributed by atoms with Crippen molar-refractivity contribution in [1.82, 2.24) is 14.5 Å². The van der Waals surface area contributed by atoms with Crippen LogP contribution in [-0.4, -0.2) is 14.5 Å². The molecule has 1 aromatic carbocycles. The lowest BCUT2D eigenvalue weighted by molar-refractivity contribution is 0.545. The van der Waals surface area contributed by atoms with E-state index in [1.165, 1.54) is 16.7 Å². The first-order valence-electron chi connectivity index (χ1n) is 7.11. The molecule has 0 saturated carbocycles. The van der Waals surface area contributed by atoms with E-state index in [-0.39, 0.29) is 17.5 Å². The van der Waals surface area contributed by atoms with E-state index in [1.54, 1.807) is 6.07 Å². The largest absolute Gasteiger partial charge is 0.423 e. The van der Waals surface area contributed by atoms with E-state index in [4.69, 9.17) is 4.42 Å². The maximum atomic E-state index is 13.2. The Morgan fingerprint density at radius 3 is 3.00 bits per heavy atom. The van der Waals surface area contributed by atoms with Crippen LogP contribution in [0.4, 0.5) is 4.39 Å². The highest BCUT2D eigenvalue weighted by Gasteiger charge is 2.20. The zero-order chi connectivity index (χ0) is 14.4. The molecular weight excluding hydrogens is 273 g/mol. The van der Waals surface area contributed by atoms with Gasteiger partial charge in [0.05, 0.1) is 5.69 Å². The Morgan fingerprint density at radius 2 is 2.10 bits per heavy atom. The molecule has 0 amide bonds. The first-order chi connectivity index (χ1) is 10.2. The Bertz CT molecular complexity index is 875. The molecule has 0 aliphatic heterocycles. The molecule has 0 saturated heterocycles. The van der Waals surface area contributed by atoms with Crippen LogP contribution in [0, 0.1) is 5.82 Å². The second-order valence-corrected chi connectivity index (χ2v) is 5.36. The van der Waals surface area contributed by atoms with Crippen LogP contribution in [0.1, 0.15) is 30.7 Å². The lowest BCUT2D eigenvalue weighted by Crippen LogP contribution is -2.17. The van der Waals surface area contributed by atoms with E-state index in [2.05, 4.69) is 9.97 Å². The third kappa shape index (κ3) is 1.98. The molecule has 0 atom stereocenters. The number of imidazole rings is 1. The van der Waals surface area contributed by atoms with Crippen LogP contribution in [-0.2, 0) is 12.8 Å². The minimum Gasteiger partial charge on any atom is -0.423 e. The molecule has 5 nitrogen and oxygen atoms in total. The molecule has 0 radical (unpaired) electrons. The summed E-state index contributed by atoms with van der Waals surface area (Å²) in [5.74, 6) is -0.384. The number of aromatic amines is 1. The smallest absolute Gasteiger partial charge is 0.334 e. The number of nitrogens with one attached hydrogen (secondary N) is 1. The van der Waals surface area contributed by atoms with E-state index >= 15 is 0 Å². The van der Waals surface area contributed by atoms with E-state index in [9.17, 15) is 9.18 Å². The molecule has 0 bridgehead atoms. The van der Waals surface area contributed by atoms with Crippen molar-refractivity contribution in [2.75, 3.05) is 0 Å². The van der Waals surface area contributed by atoms with Gasteiger partial charge in [0.1, 0.15) is 11.3 Å². The molecule has 0 spiro atoms. The van der Waals surface area contributed by atoms with E-state index in [0.717, 1.165) is 43.5 Å². The zero-order valence-electron chi connectivity index (χ0n) is 11.4. The van der Waals surface area contributed by atoms with Gasteiger partial charge in [-0.25, -0.2) is 13.8 Å². The Kier molecular flexibility index (Phi) is 2.70. The predicted octanol–water partition coefficient (Wildman–Crippen LogP) is 2.71. The third-order valence-corrected chi connectivity index (χ3v) is 3.95. The second-order valence-electron chi connectivity index (χ2n) is 5.36. The van der Waals surface area contributed by atoms with Crippen molar-refractivity contribution in [3.8, 4) is 6.01 Å². The highest BCUT2D eigenvalue weighted by Crippen LogP contribution is 2.23.